The summed E-state index contributed by atoms with van der Waals surface area (Å²) in [5, 5.41) is 10.0. The highest BCUT2D eigenvalue weighted by Gasteiger charge is 2.41. The average Bonchev–Trinajstić information content (AvgIpc) is 2.81. The number of piperazine rings is 1. The standard InChI is InChI=1S/C26H48BrN5O5Si2/c1-25(2,3)38(7,8)36-15-13-30(14-16-37-39(9,10)26(4,5)6)22(33)21-19-31(11-12-32(21)24(34)35)23-28-17-20(27)18-29-23/h17-18,21H,11-16,19H2,1-10H3,(H,34,35)/t21-/m1/s1. The number of hydrogen-bond acceptors (Lipinski definition) is 7. The van der Waals surface area contributed by atoms with Gasteiger partial charge in [0.1, 0.15) is 6.04 Å². The van der Waals surface area contributed by atoms with Gasteiger partial charge < -0.3 is 23.8 Å². The highest BCUT2D eigenvalue weighted by molar-refractivity contribution is 9.10. The second-order valence-electron chi connectivity index (χ2n) is 13.2. The van der Waals surface area contributed by atoms with Crippen molar-refractivity contribution < 1.29 is 23.5 Å². The van der Waals surface area contributed by atoms with E-state index in [1.807, 2.05) is 4.90 Å². The molecular formula is C26H48BrN5O5Si2. The largest absolute Gasteiger partial charge is 0.465 e. The van der Waals surface area contributed by atoms with Gasteiger partial charge in [-0.1, -0.05) is 41.5 Å². The third kappa shape index (κ3) is 8.97. The number of carbonyl (C=O) groups is 2. The lowest BCUT2D eigenvalue weighted by molar-refractivity contribution is -0.137. The lowest BCUT2D eigenvalue weighted by atomic mass is 10.1. The number of carboxylic acid groups (broad SMARTS) is 1. The summed E-state index contributed by atoms with van der Waals surface area (Å²) < 4.78 is 13.5. The Morgan fingerprint density at radius 3 is 1.85 bits per heavy atom. The van der Waals surface area contributed by atoms with E-state index in [-0.39, 0.29) is 29.1 Å². The highest BCUT2D eigenvalue weighted by atomic mass is 79.9. The number of carbonyl (C=O) groups excluding carboxylic acids is 1. The van der Waals surface area contributed by atoms with Gasteiger partial charge in [-0.2, -0.15) is 0 Å². The van der Waals surface area contributed by atoms with Crippen LogP contribution in [-0.4, -0.2) is 105 Å². The molecule has 2 heterocycles. The van der Waals surface area contributed by atoms with Gasteiger partial charge in [0, 0.05) is 38.6 Å². The van der Waals surface area contributed by atoms with Crippen LogP contribution in [-0.2, 0) is 13.6 Å². The van der Waals surface area contributed by atoms with Crippen molar-refractivity contribution in [1.29, 1.82) is 0 Å². The average molecular weight is 647 g/mol. The van der Waals surface area contributed by atoms with Gasteiger partial charge in [-0.3, -0.25) is 9.69 Å². The molecule has 1 aromatic heterocycles. The Bertz CT molecular complexity index is 950. The molecule has 1 fully saturated rings. The maximum atomic E-state index is 14.0. The van der Waals surface area contributed by atoms with Crippen LogP contribution in [0.4, 0.5) is 10.7 Å². The second kappa shape index (κ2) is 13.0. The zero-order chi connectivity index (χ0) is 29.8. The topological polar surface area (TPSA) is 108 Å². The van der Waals surface area contributed by atoms with Crippen molar-refractivity contribution in [2.45, 2.75) is 83.8 Å². The molecule has 0 saturated carbocycles. The van der Waals surface area contributed by atoms with Gasteiger partial charge in [0.2, 0.25) is 11.9 Å². The van der Waals surface area contributed by atoms with Crippen LogP contribution in [0.15, 0.2) is 16.9 Å². The van der Waals surface area contributed by atoms with E-state index < -0.39 is 28.8 Å². The van der Waals surface area contributed by atoms with Crippen molar-refractivity contribution in [2.24, 2.45) is 0 Å². The van der Waals surface area contributed by atoms with Gasteiger partial charge in [0.05, 0.1) is 24.2 Å². The first-order chi connectivity index (χ1) is 17.8. The molecule has 0 bridgehead atoms. The van der Waals surface area contributed by atoms with Gasteiger partial charge in [0.25, 0.3) is 0 Å². The molecule has 1 aromatic rings. The van der Waals surface area contributed by atoms with Crippen LogP contribution in [0.5, 0.6) is 0 Å². The molecule has 222 valence electrons. The Morgan fingerprint density at radius 2 is 1.44 bits per heavy atom. The van der Waals surface area contributed by atoms with Crippen molar-refractivity contribution in [2.75, 3.05) is 50.8 Å². The van der Waals surface area contributed by atoms with Crippen molar-refractivity contribution in [3.05, 3.63) is 16.9 Å². The molecule has 1 aliphatic rings. The number of hydrogen-bond donors (Lipinski definition) is 1. The first-order valence-corrected chi connectivity index (χ1v) is 20.2. The Hall–Kier alpha value is -1.55. The molecule has 13 heteroatoms. The molecular weight excluding hydrogens is 598 g/mol. The molecule has 0 aromatic carbocycles. The summed E-state index contributed by atoms with van der Waals surface area (Å²) in [7, 11) is -4.04. The lowest BCUT2D eigenvalue weighted by Crippen LogP contribution is -2.62. The number of halogens is 1. The van der Waals surface area contributed by atoms with Gasteiger partial charge in [-0.25, -0.2) is 14.8 Å². The third-order valence-electron chi connectivity index (χ3n) is 8.37. The zero-order valence-corrected chi connectivity index (χ0v) is 29.0. The quantitative estimate of drug-likeness (QED) is 0.342. The number of aromatic nitrogens is 2. The molecule has 2 amide bonds. The Labute approximate surface area is 244 Å². The molecule has 1 N–H and O–H groups in total. The summed E-state index contributed by atoms with van der Waals surface area (Å²) in [5.74, 6) is 0.215. The summed E-state index contributed by atoms with van der Waals surface area (Å²) in [6.07, 6.45) is 2.18. The van der Waals surface area contributed by atoms with E-state index in [2.05, 4.69) is 93.6 Å². The third-order valence-corrected chi connectivity index (χ3v) is 17.9. The van der Waals surface area contributed by atoms with E-state index in [9.17, 15) is 14.7 Å². The number of amides is 2. The van der Waals surface area contributed by atoms with E-state index in [0.29, 0.717) is 38.8 Å². The Morgan fingerprint density at radius 1 is 0.974 bits per heavy atom. The maximum absolute atomic E-state index is 14.0. The van der Waals surface area contributed by atoms with Crippen LogP contribution < -0.4 is 4.90 Å². The molecule has 0 unspecified atom stereocenters. The van der Waals surface area contributed by atoms with Crippen LogP contribution in [0.25, 0.3) is 0 Å². The molecule has 0 spiro atoms. The van der Waals surface area contributed by atoms with Crippen LogP contribution in [0.3, 0.4) is 0 Å². The maximum Gasteiger partial charge on any atom is 0.408 e. The first-order valence-electron chi connectivity index (χ1n) is 13.6. The molecule has 2 rings (SSSR count). The molecule has 10 nitrogen and oxygen atoms in total. The SMILES string of the molecule is CC(C)(C)[Si](C)(C)OCCN(CCO[Si](C)(C)C(C)(C)C)C(=O)[C@H]1CN(c2ncc(Br)cn2)CCN1C(=O)O. The van der Waals surface area contributed by atoms with Crippen LogP contribution in [0, 0.1) is 0 Å². The zero-order valence-electron chi connectivity index (χ0n) is 25.4. The van der Waals surface area contributed by atoms with E-state index >= 15 is 0 Å². The van der Waals surface area contributed by atoms with Gasteiger partial charge in [-0.15, -0.1) is 0 Å². The monoisotopic (exact) mass is 645 g/mol. The number of rotatable bonds is 10. The van der Waals surface area contributed by atoms with Crippen molar-refractivity contribution >= 4 is 50.5 Å². The first kappa shape index (κ1) is 33.7. The summed E-state index contributed by atoms with van der Waals surface area (Å²) in [6.45, 7) is 24.1. The summed E-state index contributed by atoms with van der Waals surface area (Å²) in [6, 6.07) is -0.885. The van der Waals surface area contributed by atoms with E-state index in [0.717, 1.165) is 4.47 Å². The van der Waals surface area contributed by atoms with Crippen LogP contribution in [0.1, 0.15) is 41.5 Å². The molecule has 39 heavy (non-hydrogen) atoms. The molecule has 0 radical (unpaired) electrons. The predicted molar refractivity (Wildman–Crippen MR) is 163 cm³/mol. The fraction of sp³-hybridized carbons (Fsp3) is 0.769. The van der Waals surface area contributed by atoms with Gasteiger partial charge in [-0.05, 0) is 52.2 Å². The van der Waals surface area contributed by atoms with Crippen molar-refractivity contribution in [1.82, 2.24) is 19.8 Å². The Balaban J connectivity index is 2.26. The van der Waals surface area contributed by atoms with Crippen molar-refractivity contribution in [3.8, 4) is 0 Å². The van der Waals surface area contributed by atoms with E-state index in [4.69, 9.17) is 8.85 Å². The van der Waals surface area contributed by atoms with Gasteiger partial charge in [0.15, 0.2) is 16.6 Å². The summed E-state index contributed by atoms with van der Waals surface area (Å²) in [4.78, 5) is 39.7. The summed E-state index contributed by atoms with van der Waals surface area (Å²) >= 11 is 3.34. The van der Waals surface area contributed by atoms with E-state index in [1.165, 1.54) is 4.90 Å². The fourth-order valence-corrected chi connectivity index (χ4v) is 5.95. The molecule has 1 aliphatic heterocycles. The molecule has 0 aliphatic carbocycles. The lowest BCUT2D eigenvalue weighted by Gasteiger charge is -2.42. The normalized spacial score (nSPS) is 17.4. The van der Waals surface area contributed by atoms with Crippen LogP contribution >= 0.6 is 15.9 Å². The molecule has 1 atom stereocenters. The smallest absolute Gasteiger partial charge is 0.408 e. The number of nitrogens with zero attached hydrogens (tertiary/aromatic N) is 5. The minimum absolute atomic E-state index is 0.0436. The van der Waals surface area contributed by atoms with Gasteiger partial charge >= 0.3 is 6.09 Å². The molecule has 1 saturated heterocycles. The highest BCUT2D eigenvalue weighted by Crippen LogP contribution is 2.37. The Kier molecular flexibility index (Phi) is 11.2. The minimum Gasteiger partial charge on any atom is -0.465 e. The van der Waals surface area contributed by atoms with Crippen LogP contribution in [0.2, 0.25) is 36.3 Å². The number of anilines is 1. The summed E-state index contributed by atoms with van der Waals surface area (Å²) in [5.41, 5.74) is 0. The second-order valence-corrected chi connectivity index (χ2v) is 23.7. The van der Waals surface area contributed by atoms with E-state index in [1.54, 1.807) is 17.3 Å². The predicted octanol–water partition coefficient (Wildman–Crippen LogP) is 5.28. The minimum atomic E-state index is -2.02. The fourth-order valence-electron chi connectivity index (χ4n) is 3.67. The van der Waals surface area contributed by atoms with Crippen molar-refractivity contribution in [3.63, 3.8) is 0 Å².